The van der Waals surface area contributed by atoms with Gasteiger partial charge in [-0.3, -0.25) is 9.59 Å². The van der Waals surface area contributed by atoms with E-state index in [4.69, 9.17) is 11.5 Å². The van der Waals surface area contributed by atoms with Gasteiger partial charge >= 0.3 is 0 Å². The second kappa shape index (κ2) is 4.64. The van der Waals surface area contributed by atoms with Crippen molar-refractivity contribution in [3.8, 4) is 0 Å². The number of para-hydroxylation sites is 1. The molecule has 5 nitrogen and oxygen atoms in total. The molecule has 0 aliphatic carbocycles. The van der Waals surface area contributed by atoms with Gasteiger partial charge in [-0.25, -0.2) is 4.39 Å². The fourth-order valence-corrected chi connectivity index (χ4v) is 2.07. The van der Waals surface area contributed by atoms with Crippen LogP contribution in [0.1, 0.15) is 16.8 Å². The average Bonchev–Trinajstić information content (AvgIpc) is 2.81. The van der Waals surface area contributed by atoms with Crippen LogP contribution in [0.25, 0.3) is 0 Å². The molecule has 1 unspecified atom stereocenters. The highest BCUT2D eigenvalue weighted by Crippen LogP contribution is 2.22. The van der Waals surface area contributed by atoms with E-state index >= 15 is 0 Å². The Hall–Kier alpha value is -2.11. The number of rotatable bonds is 2. The van der Waals surface area contributed by atoms with E-state index in [0.29, 0.717) is 13.0 Å². The third kappa shape index (κ3) is 2.13. The van der Waals surface area contributed by atoms with Crippen LogP contribution in [0.4, 0.5) is 10.1 Å². The number of nitrogens with zero attached hydrogens (tertiary/aromatic N) is 1. The number of hydrogen-bond acceptors (Lipinski definition) is 3. The Morgan fingerprint density at radius 3 is 2.72 bits per heavy atom. The minimum absolute atomic E-state index is 0.125. The number of carbonyl (C=O) groups is 2. The number of hydrogen-bond donors (Lipinski definition) is 2. The highest BCUT2D eigenvalue weighted by molar-refractivity contribution is 5.99. The monoisotopic (exact) mass is 251 g/mol. The molecule has 2 amide bonds. The maximum absolute atomic E-state index is 13.3. The molecule has 1 fully saturated rings. The summed E-state index contributed by atoms with van der Waals surface area (Å²) in [5.41, 5.74) is 10.7. The van der Waals surface area contributed by atoms with E-state index in [1.54, 1.807) is 0 Å². The number of nitrogens with two attached hydrogens (primary N) is 2. The molecule has 1 atom stereocenters. The standard InChI is InChI=1S/C12H14FN3O2/c13-9-3-1-2-8(10(9)14)12(18)16-5-4-7(6-16)11(15)17/h1-3,7H,4-6,14H2,(H2,15,17). The maximum Gasteiger partial charge on any atom is 0.256 e. The lowest BCUT2D eigenvalue weighted by molar-refractivity contribution is -0.121. The van der Waals surface area contributed by atoms with E-state index in [0.717, 1.165) is 0 Å². The molecule has 2 rings (SSSR count). The van der Waals surface area contributed by atoms with Crippen LogP contribution in [0, 0.1) is 11.7 Å². The average molecular weight is 251 g/mol. The minimum Gasteiger partial charge on any atom is -0.396 e. The second-order valence-corrected chi connectivity index (χ2v) is 4.34. The molecule has 1 aliphatic heterocycles. The predicted molar refractivity (Wildman–Crippen MR) is 64.0 cm³/mol. The number of primary amides is 1. The Bertz CT molecular complexity index is 504. The third-order valence-electron chi connectivity index (χ3n) is 3.16. The fraction of sp³-hybridized carbons (Fsp3) is 0.333. The van der Waals surface area contributed by atoms with E-state index in [-0.39, 0.29) is 29.6 Å². The van der Waals surface area contributed by atoms with Crippen molar-refractivity contribution in [2.24, 2.45) is 11.7 Å². The van der Waals surface area contributed by atoms with Crippen LogP contribution in [-0.4, -0.2) is 29.8 Å². The number of likely N-dealkylation sites (tertiary alicyclic amines) is 1. The molecule has 1 saturated heterocycles. The van der Waals surface area contributed by atoms with Gasteiger partial charge in [0.1, 0.15) is 5.82 Å². The Balaban J connectivity index is 2.18. The smallest absolute Gasteiger partial charge is 0.256 e. The summed E-state index contributed by atoms with van der Waals surface area (Å²) >= 11 is 0. The van der Waals surface area contributed by atoms with Gasteiger partial charge in [0.25, 0.3) is 5.91 Å². The molecule has 18 heavy (non-hydrogen) atoms. The van der Waals surface area contributed by atoms with Gasteiger partial charge in [-0.05, 0) is 18.6 Å². The number of nitrogen functional groups attached to an aromatic ring is 1. The largest absolute Gasteiger partial charge is 0.396 e. The molecule has 4 N–H and O–H groups in total. The van der Waals surface area contributed by atoms with Crippen molar-refractivity contribution in [2.75, 3.05) is 18.8 Å². The van der Waals surface area contributed by atoms with Gasteiger partial charge in [-0.2, -0.15) is 0 Å². The highest BCUT2D eigenvalue weighted by atomic mass is 19.1. The number of benzene rings is 1. The summed E-state index contributed by atoms with van der Waals surface area (Å²) in [6.07, 6.45) is 0.538. The van der Waals surface area contributed by atoms with Crippen LogP contribution in [0.15, 0.2) is 18.2 Å². The summed E-state index contributed by atoms with van der Waals surface area (Å²) in [6, 6.07) is 4.10. The summed E-state index contributed by atoms with van der Waals surface area (Å²) < 4.78 is 13.3. The Labute approximate surface area is 104 Å². The zero-order chi connectivity index (χ0) is 13.3. The number of anilines is 1. The minimum atomic E-state index is -0.619. The van der Waals surface area contributed by atoms with Gasteiger partial charge in [0.05, 0.1) is 17.2 Å². The van der Waals surface area contributed by atoms with Crippen molar-refractivity contribution in [2.45, 2.75) is 6.42 Å². The van der Waals surface area contributed by atoms with E-state index in [1.807, 2.05) is 0 Å². The van der Waals surface area contributed by atoms with E-state index in [1.165, 1.54) is 23.1 Å². The topological polar surface area (TPSA) is 89.4 Å². The van der Waals surface area contributed by atoms with Gasteiger partial charge in [0.2, 0.25) is 5.91 Å². The molecule has 0 radical (unpaired) electrons. The maximum atomic E-state index is 13.3. The Morgan fingerprint density at radius 1 is 1.39 bits per heavy atom. The molecular formula is C12H14FN3O2. The zero-order valence-corrected chi connectivity index (χ0v) is 9.73. The predicted octanol–water partition coefficient (Wildman–Crippen LogP) is 0.355. The van der Waals surface area contributed by atoms with Crippen LogP contribution in [0.3, 0.4) is 0 Å². The fourth-order valence-electron chi connectivity index (χ4n) is 2.07. The van der Waals surface area contributed by atoms with E-state index < -0.39 is 11.7 Å². The molecule has 1 aromatic rings. The first-order valence-corrected chi connectivity index (χ1v) is 5.63. The Morgan fingerprint density at radius 2 is 2.11 bits per heavy atom. The summed E-state index contributed by atoms with van der Waals surface area (Å²) in [7, 11) is 0. The van der Waals surface area contributed by atoms with Crippen molar-refractivity contribution >= 4 is 17.5 Å². The van der Waals surface area contributed by atoms with Crippen LogP contribution in [-0.2, 0) is 4.79 Å². The van der Waals surface area contributed by atoms with Crippen LogP contribution in [0.5, 0.6) is 0 Å². The molecule has 0 aromatic heterocycles. The molecule has 1 aromatic carbocycles. The molecule has 0 saturated carbocycles. The van der Waals surface area contributed by atoms with Crippen molar-refractivity contribution in [1.82, 2.24) is 4.90 Å². The first kappa shape index (κ1) is 12.3. The van der Waals surface area contributed by atoms with E-state index in [2.05, 4.69) is 0 Å². The molecule has 6 heteroatoms. The normalized spacial score (nSPS) is 18.9. The lowest BCUT2D eigenvalue weighted by Crippen LogP contribution is -2.32. The van der Waals surface area contributed by atoms with Gasteiger partial charge in [0.15, 0.2) is 0 Å². The first-order chi connectivity index (χ1) is 8.50. The Kier molecular flexibility index (Phi) is 3.18. The van der Waals surface area contributed by atoms with Gasteiger partial charge < -0.3 is 16.4 Å². The van der Waals surface area contributed by atoms with Gasteiger partial charge in [-0.15, -0.1) is 0 Å². The lowest BCUT2D eigenvalue weighted by atomic mass is 10.1. The summed E-state index contributed by atoms with van der Waals surface area (Å²) in [5.74, 6) is -1.73. The summed E-state index contributed by atoms with van der Waals surface area (Å²) in [4.78, 5) is 24.6. The van der Waals surface area contributed by atoms with Crippen LogP contribution in [0.2, 0.25) is 0 Å². The number of carbonyl (C=O) groups excluding carboxylic acids is 2. The molecule has 1 heterocycles. The quantitative estimate of drug-likeness (QED) is 0.743. The van der Waals surface area contributed by atoms with Gasteiger partial charge in [-0.1, -0.05) is 6.07 Å². The second-order valence-electron chi connectivity index (χ2n) is 4.34. The summed E-state index contributed by atoms with van der Waals surface area (Å²) in [6.45, 7) is 0.701. The highest BCUT2D eigenvalue weighted by Gasteiger charge is 2.31. The summed E-state index contributed by atoms with van der Waals surface area (Å²) in [5, 5.41) is 0. The van der Waals surface area contributed by atoms with E-state index in [9.17, 15) is 14.0 Å². The molecule has 0 bridgehead atoms. The molecular weight excluding hydrogens is 237 g/mol. The van der Waals surface area contributed by atoms with Crippen molar-refractivity contribution in [1.29, 1.82) is 0 Å². The lowest BCUT2D eigenvalue weighted by Gasteiger charge is -2.17. The van der Waals surface area contributed by atoms with Gasteiger partial charge in [0, 0.05) is 13.1 Å². The molecule has 0 spiro atoms. The van der Waals surface area contributed by atoms with Crippen LogP contribution < -0.4 is 11.5 Å². The molecule has 96 valence electrons. The van der Waals surface area contributed by atoms with Crippen molar-refractivity contribution in [3.63, 3.8) is 0 Å². The number of amides is 2. The molecule has 1 aliphatic rings. The third-order valence-corrected chi connectivity index (χ3v) is 3.16. The SMILES string of the molecule is NC(=O)C1CCN(C(=O)c2cccc(F)c2N)C1. The zero-order valence-electron chi connectivity index (χ0n) is 9.73. The van der Waals surface area contributed by atoms with Crippen LogP contribution >= 0.6 is 0 Å². The number of halogens is 1. The van der Waals surface area contributed by atoms with Crippen molar-refractivity contribution in [3.05, 3.63) is 29.6 Å². The van der Waals surface area contributed by atoms with Crippen molar-refractivity contribution < 1.29 is 14.0 Å². The first-order valence-electron chi connectivity index (χ1n) is 5.63.